The molecule has 0 amide bonds. The monoisotopic (exact) mass is 523 g/mol. The van der Waals surface area contributed by atoms with Gasteiger partial charge in [-0.15, -0.1) is 0 Å². The lowest BCUT2D eigenvalue weighted by molar-refractivity contribution is -0.125. The van der Waals surface area contributed by atoms with E-state index in [1.54, 1.807) is 0 Å². The molecule has 5 atom stereocenters. The summed E-state index contributed by atoms with van der Waals surface area (Å²) in [5.74, 6) is 1.06. The van der Waals surface area contributed by atoms with Crippen LogP contribution in [0.15, 0.2) is 6.20 Å². The predicted molar refractivity (Wildman–Crippen MR) is 117 cm³/mol. The minimum atomic E-state index is -4.98. The number of nitrogens with one attached hydrogen (secondary N) is 1. The van der Waals surface area contributed by atoms with Crippen LogP contribution in [-0.4, -0.2) is 102 Å². The third-order valence-corrected chi connectivity index (χ3v) is 7.55. The van der Waals surface area contributed by atoms with Gasteiger partial charge in [0, 0.05) is 13.7 Å². The number of aromatic nitrogens is 4. The SMILES string of the molecule is COCC(CO)(OC[C@@H]1O[C@H](n2ncc3c(NCC4CC4)nc(Cl)nc32)[C@@H](O)[C@H]1O)P(=O)(O)O. The third kappa shape index (κ3) is 4.93. The molecule has 3 heterocycles. The summed E-state index contributed by atoms with van der Waals surface area (Å²) in [5.41, 5.74) is 0.260. The molecule has 2 aliphatic rings. The Labute approximate surface area is 199 Å². The third-order valence-electron chi connectivity index (χ3n) is 5.92. The standard InChI is InChI=1S/C18H27ClN5O9P/c1-31-8-18(7-25,34(28,29)30)32-6-11-12(26)13(27)16(33-11)24-15-10(5-21-24)14(22-17(19)23-15)20-4-9-2-3-9/h5,9,11-13,16,25-27H,2-4,6-8H2,1H3,(H,20,22,23)(H2,28,29,30)/t11-,12-,13-,16-,18?/m0/s1. The van der Waals surface area contributed by atoms with Crippen molar-refractivity contribution in [2.75, 3.05) is 38.8 Å². The smallest absolute Gasteiger partial charge is 0.361 e. The fourth-order valence-corrected chi connectivity index (χ4v) is 4.60. The minimum absolute atomic E-state index is 0.0468. The van der Waals surface area contributed by atoms with Crippen LogP contribution in [0.5, 0.6) is 0 Å². The maximum atomic E-state index is 11.9. The number of ether oxygens (including phenoxy) is 3. The summed E-state index contributed by atoms with van der Waals surface area (Å²) in [6.45, 7) is -1.50. The van der Waals surface area contributed by atoms with Gasteiger partial charge in [0.15, 0.2) is 11.9 Å². The maximum absolute atomic E-state index is 11.9. The van der Waals surface area contributed by atoms with Gasteiger partial charge in [-0.05, 0) is 30.4 Å². The number of nitrogens with zero attached hydrogens (tertiary/aromatic N) is 4. The molecule has 0 bridgehead atoms. The molecule has 1 aliphatic heterocycles. The van der Waals surface area contributed by atoms with Crippen molar-refractivity contribution in [2.45, 2.75) is 42.7 Å². The Morgan fingerprint density at radius 1 is 1.32 bits per heavy atom. The molecule has 190 valence electrons. The quantitative estimate of drug-likeness (QED) is 0.162. The Balaban J connectivity index is 1.54. The predicted octanol–water partition coefficient (Wildman–Crippen LogP) is -0.550. The minimum Gasteiger partial charge on any atom is -0.393 e. The zero-order chi connectivity index (χ0) is 24.7. The van der Waals surface area contributed by atoms with Gasteiger partial charge in [0.1, 0.15) is 24.1 Å². The van der Waals surface area contributed by atoms with Gasteiger partial charge in [-0.1, -0.05) is 0 Å². The molecule has 0 aromatic carbocycles. The molecular formula is C18H27ClN5O9P. The highest BCUT2D eigenvalue weighted by molar-refractivity contribution is 7.53. The average Bonchev–Trinajstić information content (AvgIpc) is 3.46. The number of fused-ring (bicyclic) bond motifs is 1. The Kier molecular flexibility index (Phi) is 7.46. The van der Waals surface area contributed by atoms with E-state index in [9.17, 15) is 29.7 Å². The van der Waals surface area contributed by atoms with Gasteiger partial charge in [0.2, 0.25) is 10.6 Å². The molecule has 1 saturated carbocycles. The summed E-state index contributed by atoms with van der Waals surface area (Å²) in [6.07, 6.45) is -1.62. The summed E-state index contributed by atoms with van der Waals surface area (Å²) in [6, 6.07) is 0. The van der Waals surface area contributed by atoms with E-state index in [1.807, 2.05) is 0 Å². The average molecular weight is 524 g/mol. The van der Waals surface area contributed by atoms with Gasteiger partial charge in [0.25, 0.3) is 0 Å². The van der Waals surface area contributed by atoms with Crippen LogP contribution in [0.4, 0.5) is 5.82 Å². The molecule has 1 saturated heterocycles. The first-order valence-corrected chi connectivity index (χ1v) is 12.5. The van der Waals surface area contributed by atoms with Crippen LogP contribution < -0.4 is 5.32 Å². The molecule has 14 nitrogen and oxygen atoms in total. The summed E-state index contributed by atoms with van der Waals surface area (Å²) in [7, 11) is -3.80. The fraction of sp³-hybridized carbons (Fsp3) is 0.722. The second kappa shape index (κ2) is 9.90. The van der Waals surface area contributed by atoms with Crippen molar-refractivity contribution < 1.29 is 43.9 Å². The number of aliphatic hydroxyl groups is 3. The molecule has 34 heavy (non-hydrogen) atoms. The largest absolute Gasteiger partial charge is 0.393 e. The van der Waals surface area contributed by atoms with E-state index in [2.05, 4.69) is 20.4 Å². The molecule has 4 rings (SSSR count). The number of halogens is 1. The maximum Gasteiger partial charge on any atom is 0.361 e. The number of anilines is 1. The lowest BCUT2D eigenvalue weighted by Crippen LogP contribution is -2.44. The van der Waals surface area contributed by atoms with E-state index in [0.717, 1.165) is 19.4 Å². The summed E-state index contributed by atoms with van der Waals surface area (Å²) in [4.78, 5) is 27.7. The van der Waals surface area contributed by atoms with E-state index in [4.69, 9.17) is 25.8 Å². The molecule has 2 aromatic rings. The number of aliphatic hydroxyl groups excluding tert-OH is 3. The van der Waals surface area contributed by atoms with Gasteiger partial charge in [-0.2, -0.15) is 15.1 Å². The van der Waals surface area contributed by atoms with Gasteiger partial charge in [-0.3, -0.25) is 4.57 Å². The van der Waals surface area contributed by atoms with Crippen LogP contribution in [-0.2, 0) is 18.8 Å². The fourth-order valence-electron chi connectivity index (χ4n) is 3.71. The highest BCUT2D eigenvalue weighted by Gasteiger charge is 2.51. The first-order chi connectivity index (χ1) is 16.1. The Morgan fingerprint density at radius 2 is 2.06 bits per heavy atom. The van der Waals surface area contributed by atoms with Gasteiger partial charge >= 0.3 is 7.60 Å². The molecule has 2 aromatic heterocycles. The molecule has 1 aliphatic carbocycles. The number of methoxy groups -OCH3 is 1. The first-order valence-electron chi connectivity index (χ1n) is 10.6. The van der Waals surface area contributed by atoms with Crippen LogP contribution in [0.1, 0.15) is 19.1 Å². The highest BCUT2D eigenvalue weighted by Crippen LogP contribution is 2.51. The second-order valence-corrected chi connectivity index (χ2v) is 10.7. The molecule has 2 fully saturated rings. The zero-order valence-corrected chi connectivity index (χ0v) is 19.8. The van der Waals surface area contributed by atoms with E-state index in [-0.39, 0.29) is 10.9 Å². The first kappa shape index (κ1) is 25.6. The number of hydrogen-bond acceptors (Lipinski definition) is 11. The van der Waals surface area contributed by atoms with Crippen molar-refractivity contribution >= 4 is 36.0 Å². The Morgan fingerprint density at radius 3 is 2.68 bits per heavy atom. The molecule has 0 spiro atoms. The van der Waals surface area contributed by atoms with Crippen molar-refractivity contribution in [3.63, 3.8) is 0 Å². The molecule has 6 N–H and O–H groups in total. The van der Waals surface area contributed by atoms with Crippen LogP contribution >= 0.6 is 19.2 Å². The van der Waals surface area contributed by atoms with E-state index in [1.165, 1.54) is 18.0 Å². The van der Waals surface area contributed by atoms with Crippen molar-refractivity contribution in [2.24, 2.45) is 5.92 Å². The van der Waals surface area contributed by atoms with Gasteiger partial charge in [-0.25, -0.2) is 4.68 Å². The zero-order valence-electron chi connectivity index (χ0n) is 18.2. The molecule has 1 unspecified atom stereocenters. The number of rotatable bonds is 11. The van der Waals surface area contributed by atoms with Gasteiger partial charge < -0.3 is 44.6 Å². The number of hydrogen-bond donors (Lipinski definition) is 6. The second-order valence-electron chi connectivity index (χ2n) is 8.43. The van der Waals surface area contributed by atoms with Crippen molar-refractivity contribution in [3.05, 3.63) is 11.5 Å². The lowest BCUT2D eigenvalue weighted by atomic mass is 10.1. The summed E-state index contributed by atoms with van der Waals surface area (Å²) in [5, 5.41) is 36.3. The van der Waals surface area contributed by atoms with Crippen LogP contribution in [0, 0.1) is 5.92 Å². The Hall–Kier alpha value is -1.45. The molecular weight excluding hydrogens is 497 g/mol. The van der Waals surface area contributed by atoms with Gasteiger partial charge in [0.05, 0.1) is 31.4 Å². The molecule has 0 radical (unpaired) electrons. The lowest BCUT2D eigenvalue weighted by Gasteiger charge is -2.32. The van der Waals surface area contributed by atoms with E-state index >= 15 is 0 Å². The topological polar surface area (TPSA) is 202 Å². The van der Waals surface area contributed by atoms with E-state index < -0.39 is 57.3 Å². The Bertz CT molecular complexity index is 1070. The van der Waals surface area contributed by atoms with Crippen LogP contribution in [0.2, 0.25) is 5.28 Å². The highest BCUT2D eigenvalue weighted by atomic mass is 35.5. The van der Waals surface area contributed by atoms with E-state index in [0.29, 0.717) is 17.1 Å². The van der Waals surface area contributed by atoms with Crippen LogP contribution in [0.3, 0.4) is 0 Å². The van der Waals surface area contributed by atoms with Crippen molar-refractivity contribution in [1.82, 2.24) is 19.7 Å². The normalized spacial score (nSPS) is 27.3. The summed E-state index contributed by atoms with van der Waals surface area (Å²) < 4.78 is 29.0. The summed E-state index contributed by atoms with van der Waals surface area (Å²) >= 11 is 6.09. The van der Waals surface area contributed by atoms with Crippen molar-refractivity contribution in [1.29, 1.82) is 0 Å². The van der Waals surface area contributed by atoms with Crippen LogP contribution in [0.25, 0.3) is 11.0 Å². The van der Waals surface area contributed by atoms with Crippen molar-refractivity contribution in [3.8, 4) is 0 Å². The molecule has 16 heteroatoms.